The molecular weight excluding hydrogens is 338 g/mol. The van der Waals surface area contributed by atoms with E-state index in [1.54, 1.807) is 30.3 Å². The van der Waals surface area contributed by atoms with Gasteiger partial charge >= 0.3 is 11.6 Å². The summed E-state index contributed by atoms with van der Waals surface area (Å²) in [6.07, 6.45) is -0.205. The first-order chi connectivity index (χ1) is 12.4. The summed E-state index contributed by atoms with van der Waals surface area (Å²) in [7, 11) is 0. The molecule has 0 aliphatic heterocycles. The van der Waals surface area contributed by atoms with E-state index >= 15 is 0 Å². The van der Waals surface area contributed by atoms with Gasteiger partial charge in [-0.05, 0) is 23.3 Å². The van der Waals surface area contributed by atoms with Crippen molar-refractivity contribution in [3.8, 4) is 5.75 Å². The third kappa shape index (κ3) is 3.72. The molecule has 3 aromatic rings. The fourth-order valence-corrected chi connectivity index (χ4v) is 2.68. The molecule has 2 aromatic carbocycles. The molecule has 7 nitrogen and oxygen atoms in total. The predicted molar refractivity (Wildman–Crippen MR) is 92.8 cm³/mol. The molecule has 0 bridgehead atoms. The molecule has 0 unspecified atom stereocenters. The van der Waals surface area contributed by atoms with Crippen molar-refractivity contribution in [2.24, 2.45) is 0 Å². The van der Waals surface area contributed by atoms with Crippen LogP contribution < -0.4 is 10.9 Å². The number of aliphatic carboxylic acids is 1. The highest BCUT2D eigenvalue weighted by molar-refractivity contribution is 5.90. The van der Waals surface area contributed by atoms with Gasteiger partial charge in [-0.25, -0.2) is 9.59 Å². The number of benzene rings is 2. The maximum atomic E-state index is 12.4. The number of carbonyl (C=O) groups is 2. The Kier molecular flexibility index (Phi) is 4.70. The Bertz CT molecular complexity index is 1030. The molecular formula is C19H15NO6. The molecule has 0 radical (unpaired) electrons. The predicted octanol–water partition coefficient (Wildman–Crippen LogP) is 1.98. The first-order valence-corrected chi connectivity index (χ1v) is 7.77. The number of carboxylic acids is 1. The monoisotopic (exact) mass is 353 g/mol. The largest absolute Gasteiger partial charge is 0.508 e. The number of fused-ring (bicyclic) bond motifs is 1. The number of phenolic OH excluding ortho intramolecular Hbond substituents is 1. The van der Waals surface area contributed by atoms with E-state index in [0.717, 1.165) is 0 Å². The molecule has 0 saturated carbocycles. The second-order valence-corrected chi connectivity index (χ2v) is 5.70. The van der Waals surface area contributed by atoms with E-state index in [0.29, 0.717) is 16.5 Å². The number of carboxylic acid groups (broad SMARTS) is 1. The van der Waals surface area contributed by atoms with Crippen LogP contribution in [0.15, 0.2) is 63.8 Å². The van der Waals surface area contributed by atoms with Crippen molar-refractivity contribution in [2.75, 3.05) is 0 Å². The Labute approximate surface area is 147 Å². The van der Waals surface area contributed by atoms with Gasteiger partial charge in [0, 0.05) is 17.5 Å². The van der Waals surface area contributed by atoms with E-state index < -0.39 is 23.5 Å². The van der Waals surface area contributed by atoms with Crippen LogP contribution in [-0.2, 0) is 16.0 Å². The highest BCUT2D eigenvalue weighted by atomic mass is 16.4. The molecule has 1 amide bonds. The van der Waals surface area contributed by atoms with Crippen molar-refractivity contribution in [1.82, 2.24) is 5.32 Å². The molecule has 132 valence electrons. The summed E-state index contributed by atoms with van der Waals surface area (Å²) in [4.78, 5) is 35.5. The van der Waals surface area contributed by atoms with Gasteiger partial charge in [0.2, 0.25) is 5.91 Å². The SMILES string of the molecule is O=C(Cc1cc(=O)oc2cc(O)ccc12)N[C@H](C(=O)O)c1ccccc1. The van der Waals surface area contributed by atoms with Gasteiger partial charge in [-0.3, -0.25) is 4.79 Å². The second kappa shape index (κ2) is 7.10. The van der Waals surface area contributed by atoms with Gasteiger partial charge in [-0.15, -0.1) is 0 Å². The minimum Gasteiger partial charge on any atom is -0.508 e. The number of hydrogen-bond acceptors (Lipinski definition) is 5. The summed E-state index contributed by atoms with van der Waals surface area (Å²) >= 11 is 0. The average Bonchev–Trinajstić information content (AvgIpc) is 2.59. The van der Waals surface area contributed by atoms with Gasteiger partial charge in [0.05, 0.1) is 6.42 Å². The number of amides is 1. The Balaban J connectivity index is 1.87. The fraction of sp³-hybridized carbons (Fsp3) is 0.105. The Morgan fingerprint density at radius 2 is 1.81 bits per heavy atom. The quantitative estimate of drug-likeness (QED) is 0.604. The molecule has 0 fully saturated rings. The lowest BCUT2D eigenvalue weighted by molar-refractivity contribution is -0.141. The summed E-state index contributed by atoms with van der Waals surface area (Å²) in [5, 5.41) is 21.8. The van der Waals surface area contributed by atoms with E-state index in [1.807, 2.05) is 0 Å². The van der Waals surface area contributed by atoms with Gasteiger partial charge in [-0.1, -0.05) is 30.3 Å². The molecule has 0 spiro atoms. The van der Waals surface area contributed by atoms with Gasteiger partial charge in [-0.2, -0.15) is 0 Å². The smallest absolute Gasteiger partial charge is 0.336 e. The van der Waals surface area contributed by atoms with Gasteiger partial charge < -0.3 is 19.9 Å². The van der Waals surface area contributed by atoms with Crippen LogP contribution in [0.25, 0.3) is 11.0 Å². The Hall–Kier alpha value is -3.61. The van der Waals surface area contributed by atoms with Gasteiger partial charge in [0.25, 0.3) is 0 Å². The summed E-state index contributed by atoms with van der Waals surface area (Å²) < 4.78 is 5.01. The molecule has 7 heteroatoms. The number of carbonyl (C=O) groups excluding carboxylic acids is 1. The molecule has 0 aliphatic carbocycles. The second-order valence-electron chi connectivity index (χ2n) is 5.70. The zero-order valence-electron chi connectivity index (χ0n) is 13.5. The first kappa shape index (κ1) is 17.2. The summed E-state index contributed by atoms with van der Waals surface area (Å²) in [5.74, 6) is -1.81. The normalized spacial score (nSPS) is 11.8. The standard InChI is InChI=1S/C19H15NO6/c21-13-6-7-14-12(9-17(23)26-15(14)10-13)8-16(22)20-18(19(24)25)11-4-2-1-3-5-11/h1-7,9-10,18,21H,8H2,(H,20,22)(H,24,25)/t18-/m0/s1. The molecule has 26 heavy (non-hydrogen) atoms. The van der Waals surface area contributed by atoms with Crippen molar-refractivity contribution in [3.63, 3.8) is 0 Å². The van der Waals surface area contributed by atoms with Crippen molar-refractivity contribution < 1.29 is 24.2 Å². The third-order valence-corrected chi connectivity index (χ3v) is 3.85. The van der Waals surface area contributed by atoms with E-state index in [1.165, 1.54) is 24.3 Å². The molecule has 0 aliphatic rings. The van der Waals surface area contributed by atoms with Crippen LogP contribution >= 0.6 is 0 Å². The highest BCUT2D eigenvalue weighted by Gasteiger charge is 2.22. The number of nitrogens with one attached hydrogen (secondary N) is 1. The van der Waals surface area contributed by atoms with Gasteiger partial charge in [0.1, 0.15) is 11.3 Å². The van der Waals surface area contributed by atoms with Crippen LogP contribution in [0.2, 0.25) is 0 Å². The molecule has 3 N–H and O–H groups in total. The van der Waals surface area contributed by atoms with E-state index in [-0.39, 0.29) is 17.8 Å². The van der Waals surface area contributed by atoms with Crippen molar-refractivity contribution in [2.45, 2.75) is 12.5 Å². The Morgan fingerprint density at radius 3 is 2.50 bits per heavy atom. The van der Waals surface area contributed by atoms with Crippen LogP contribution in [-0.4, -0.2) is 22.1 Å². The minimum atomic E-state index is -1.20. The van der Waals surface area contributed by atoms with Crippen LogP contribution in [0.1, 0.15) is 17.2 Å². The Morgan fingerprint density at radius 1 is 1.08 bits per heavy atom. The summed E-state index contributed by atoms with van der Waals surface area (Å²) in [6, 6.07) is 12.5. The van der Waals surface area contributed by atoms with Crippen LogP contribution in [0.4, 0.5) is 0 Å². The topological polar surface area (TPSA) is 117 Å². The zero-order chi connectivity index (χ0) is 18.7. The van der Waals surface area contributed by atoms with Crippen LogP contribution in [0.3, 0.4) is 0 Å². The molecule has 1 aromatic heterocycles. The highest BCUT2D eigenvalue weighted by Crippen LogP contribution is 2.22. The maximum Gasteiger partial charge on any atom is 0.336 e. The maximum absolute atomic E-state index is 12.4. The first-order valence-electron chi connectivity index (χ1n) is 7.77. The van der Waals surface area contributed by atoms with Crippen LogP contribution in [0, 0.1) is 0 Å². The lowest BCUT2D eigenvalue weighted by atomic mass is 10.0. The van der Waals surface area contributed by atoms with Gasteiger partial charge in [0.15, 0.2) is 6.04 Å². The average molecular weight is 353 g/mol. The lowest BCUT2D eigenvalue weighted by Gasteiger charge is -2.15. The van der Waals surface area contributed by atoms with E-state index in [2.05, 4.69) is 5.32 Å². The number of hydrogen-bond donors (Lipinski definition) is 3. The molecule has 1 atom stereocenters. The number of phenols is 1. The molecule has 3 rings (SSSR count). The summed E-state index contributed by atoms with van der Waals surface area (Å²) in [5.41, 5.74) is 0.309. The minimum absolute atomic E-state index is 0.0720. The van der Waals surface area contributed by atoms with Crippen molar-refractivity contribution >= 4 is 22.8 Å². The molecule has 0 saturated heterocycles. The van der Waals surface area contributed by atoms with Crippen LogP contribution in [0.5, 0.6) is 5.75 Å². The van der Waals surface area contributed by atoms with E-state index in [4.69, 9.17) is 4.42 Å². The van der Waals surface area contributed by atoms with Crippen molar-refractivity contribution in [1.29, 1.82) is 0 Å². The van der Waals surface area contributed by atoms with Crippen molar-refractivity contribution in [3.05, 3.63) is 76.1 Å². The zero-order valence-corrected chi connectivity index (χ0v) is 13.5. The third-order valence-electron chi connectivity index (χ3n) is 3.85. The molecule has 1 heterocycles. The fourth-order valence-electron chi connectivity index (χ4n) is 2.68. The number of aromatic hydroxyl groups is 1. The van der Waals surface area contributed by atoms with E-state index in [9.17, 15) is 24.6 Å². The summed E-state index contributed by atoms with van der Waals surface area (Å²) in [6.45, 7) is 0. The lowest BCUT2D eigenvalue weighted by Crippen LogP contribution is -2.34. The number of rotatable bonds is 5.